The number of rotatable bonds is 27. The lowest BCUT2D eigenvalue weighted by Gasteiger charge is -2.22. The lowest BCUT2D eigenvalue weighted by atomic mass is 9.99. The van der Waals surface area contributed by atoms with E-state index in [9.17, 15) is 47.9 Å². The summed E-state index contributed by atoms with van der Waals surface area (Å²) < 4.78 is 0. The number of imidazole rings is 1. The minimum absolute atomic E-state index is 0.0954. The molecule has 0 aromatic carbocycles. The molecule has 3 rings (SSSR count). The predicted octanol–water partition coefficient (Wildman–Crippen LogP) is -3.86. The third-order valence-electron chi connectivity index (χ3n) is 9.58. The smallest absolute Gasteiger partial charge is 0.315 e. The molecule has 332 valence electrons. The van der Waals surface area contributed by atoms with Crippen LogP contribution >= 0.6 is 11.8 Å². The fraction of sp³-hybridized carbons (Fsp3) is 0.629. The molecule has 60 heavy (non-hydrogen) atoms. The number of H-pyrrole nitrogens is 1. The van der Waals surface area contributed by atoms with Crippen LogP contribution in [-0.4, -0.2) is 140 Å². The number of aromatic nitrogens is 2. The van der Waals surface area contributed by atoms with E-state index in [4.69, 9.17) is 16.0 Å². The number of nitrogens with zero attached hydrogens (tertiary/aromatic N) is 1. The summed E-state index contributed by atoms with van der Waals surface area (Å²) in [5.74, 6) is -8.07. The van der Waals surface area contributed by atoms with Crippen LogP contribution in [0.1, 0.15) is 70.4 Å². The molecule has 1 aromatic heterocycles. The van der Waals surface area contributed by atoms with Crippen molar-refractivity contribution in [2.24, 2.45) is 11.7 Å². The van der Waals surface area contributed by atoms with E-state index in [0.29, 0.717) is 43.2 Å². The number of carbonyl (C=O) groups is 10. The molecule has 0 radical (unpaired) electrons. The molecule has 10 amide bonds. The Kier molecular flexibility index (Phi) is 20.0. The number of thioether (sulfide) groups is 1. The molecule has 24 nitrogen and oxygen atoms in total. The summed E-state index contributed by atoms with van der Waals surface area (Å²) in [6.45, 7) is 0.427. The first-order valence-corrected chi connectivity index (χ1v) is 20.4. The van der Waals surface area contributed by atoms with Crippen molar-refractivity contribution >= 4 is 71.0 Å². The van der Waals surface area contributed by atoms with Crippen LogP contribution in [0, 0.1) is 5.92 Å². The number of urea groups is 1. The SMILES string of the molecule is C[C@H](NC(=O)C(CC(=O)O)CC(=O)NO)C(=O)N[C@@H](Cc1cnc[nH]1)C(=O)NCC(=O)NCC(=O)N[C@@H](CCCCNC(=O)CCCC[C@@H]1SC[C@@H]2NC(=O)N[C@@H]21)C(N)=O. The summed E-state index contributed by atoms with van der Waals surface area (Å²) in [6.07, 6.45) is 5.11. The number of carbonyl (C=O) groups excluding carboxylic acids is 9. The molecule has 0 aliphatic carbocycles. The number of hydrogen-bond donors (Lipinski definition) is 13. The second kappa shape index (κ2) is 24.8. The Bertz CT molecular complexity index is 1700. The lowest BCUT2D eigenvalue weighted by molar-refractivity contribution is -0.143. The third kappa shape index (κ3) is 17.1. The maximum Gasteiger partial charge on any atom is 0.315 e. The fourth-order valence-corrected chi connectivity index (χ4v) is 7.93. The predicted molar refractivity (Wildman–Crippen MR) is 210 cm³/mol. The normalized spacial score (nSPS) is 18.5. The molecule has 2 aliphatic rings. The summed E-state index contributed by atoms with van der Waals surface area (Å²) in [7, 11) is 0. The maximum absolute atomic E-state index is 13.1. The molecule has 2 fully saturated rings. The zero-order chi connectivity index (χ0) is 44.2. The molecule has 2 saturated heterocycles. The molecule has 0 bridgehead atoms. The van der Waals surface area contributed by atoms with E-state index in [1.165, 1.54) is 24.9 Å². The van der Waals surface area contributed by atoms with Crippen LogP contribution in [0.3, 0.4) is 0 Å². The van der Waals surface area contributed by atoms with Crippen molar-refractivity contribution in [3.8, 4) is 0 Å². The first-order valence-electron chi connectivity index (χ1n) is 19.4. The highest BCUT2D eigenvalue weighted by Gasteiger charge is 2.42. The van der Waals surface area contributed by atoms with Crippen LogP contribution < -0.4 is 53.7 Å². The van der Waals surface area contributed by atoms with E-state index < -0.39 is 97.3 Å². The van der Waals surface area contributed by atoms with Gasteiger partial charge in [0.05, 0.1) is 43.8 Å². The molecule has 3 heterocycles. The standard InChI is InChI=1S/C35H54N12O12S/c1-18(42-33(56)19(11-29(52)53)10-26(49)47-59)32(55)44-22(12-20-13-37-17-41-20)34(57)40-14-27(50)39-15-28(51)43-21(31(36)54)6-4-5-9-38-25(48)8-3-2-7-24-30-23(16-60-24)45-35(58)46-30/h13,17-19,21-24,30,59H,2-12,14-16H2,1H3,(H2,36,54)(H,37,41)(H,38,48)(H,39,50)(H,40,57)(H,42,56)(H,43,51)(H,44,55)(H,47,49)(H,52,53)(H2,45,46,58)/t18-,19?,21-,22-,23-,24-,30-/m0/s1. The van der Waals surface area contributed by atoms with Crippen LogP contribution in [0.4, 0.5) is 4.79 Å². The summed E-state index contributed by atoms with van der Waals surface area (Å²) >= 11 is 1.82. The summed E-state index contributed by atoms with van der Waals surface area (Å²) in [4.78, 5) is 129. The number of primary amides is 1. The topological polar surface area (TPSA) is 374 Å². The van der Waals surface area contributed by atoms with Crippen molar-refractivity contribution in [1.29, 1.82) is 0 Å². The van der Waals surface area contributed by atoms with Crippen LogP contribution in [-0.2, 0) is 49.6 Å². The molecule has 0 saturated carbocycles. The molecule has 1 aromatic rings. The van der Waals surface area contributed by atoms with Crippen LogP contribution in [0.25, 0.3) is 0 Å². The van der Waals surface area contributed by atoms with Crippen molar-refractivity contribution in [3.05, 3.63) is 18.2 Å². The van der Waals surface area contributed by atoms with Crippen molar-refractivity contribution < 1.29 is 58.3 Å². The molecular weight excluding hydrogens is 813 g/mol. The second-order valence-electron chi connectivity index (χ2n) is 14.3. The Morgan fingerprint density at radius 3 is 2.28 bits per heavy atom. The highest BCUT2D eigenvalue weighted by molar-refractivity contribution is 8.00. The van der Waals surface area contributed by atoms with Gasteiger partial charge in [0.2, 0.25) is 47.3 Å². The second-order valence-corrected chi connectivity index (χ2v) is 15.6. The number of aromatic amines is 1. The van der Waals surface area contributed by atoms with Gasteiger partial charge in [0.15, 0.2) is 0 Å². The third-order valence-corrected chi connectivity index (χ3v) is 11.1. The van der Waals surface area contributed by atoms with Crippen LogP contribution in [0.5, 0.6) is 0 Å². The molecular formula is C35H54N12O12S. The number of carboxylic acid groups (broad SMARTS) is 1. The number of aliphatic carboxylic acids is 1. The van der Waals surface area contributed by atoms with Gasteiger partial charge in [0.1, 0.15) is 18.1 Å². The van der Waals surface area contributed by atoms with E-state index in [-0.39, 0.29) is 36.9 Å². The number of carboxylic acids is 1. The zero-order valence-corrected chi connectivity index (χ0v) is 33.8. The minimum Gasteiger partial charge on any atom is -0.481 e. The van der Waals surface area contributed by atoms with E-state index in [0.717, 1.165) is 18.6 Å². The highest BCUT2D eigenvalue weighted by Crippen LogP contribution is 2.33. The maximum atomic E-state index is 13.1. The van der Waals surface area contributed by atoms with Gasteiger partial charge in [-0.25, -0.2) is 15.3 Å². The van der Waals surface area contributed by atoms with Crippen LogP contribution in [0.2, 0.25) is 0 Å². The quantitative estimate of drug-likeness (QED) is 0.0174. The Morgan fingerprint density at radius 2 is 1.60 bits per heavy atom. The highest BCUT2D eigenvalue weighted by atomic mass is 32.2. The fourth-order valence-electron chi connectivity index (χ4n) is 6.38. The van der Waals surface area contributed by atoms with Gasteiger partial charge in [0, 0.05) is 48.7 Å². The Balaban J connectivity index is 1.35. The zero-order valence-electron chi connectivity index (χ0n) is 33.0. The van der Waals surface area contributed by atoms with Gasteiger partial charge in [-0.15, -0.1) is 0 Å². The van der Waals surface area contributed by atoms with E-state index in [2.05, 4.69) is 52.5 Å². The molecule has 14 N–H and O–H groups in total. The van der Waals surface area contributed by atoms with E-state index in [1.54, 1.807) is 0 Å². The van der Waals surface area contributed by atoms with Crippen molar-refractivity contribution in [3.63, 3.8) is 0 Å². The van der Waals surface area contributed by atoms with Gasteiger partial charge in [-0.1, -0.05) is 6.42 Å². The number of hydrogen-bond acceptors (Lipinski definition) is 13. The molecule has 2 aliphatic heterocycles. The Labute approximate surface area is 348 Å². The number of unbranched alkanes of at least 4 members (excludes halogenated alkanes) is 2. The van der Waals surface area contributed by atoms with Gasteiger partial charge in [0.25, 0.3) is 0 Å². The van der Waals surface area contributed by atoms with Gasteiger partial charge in [-0.05, 0) is 39.0 Å². The van der Waals surface area contributed by atoms with Gasteiger partial charge in [-0.3, -0.25) is 48.4 Å². The average Bonchev–Trinajstić information content (AvgIpc) is 3.94. The number of amides is 10. The average molecular weight is 867 g/mol. The van der Waals surface area contributed by atoms with Crippen molar-refractivity contribution in [2.75, 3.05) is 25.4 Å². The largest absolute Gasteiger partial charge is 0.481 e. The molecule has 0 spiro atoms. The summed E-state index contributed by atoms with van der Waals surface area (Å²) in [5, 5.41) is 38.7. The van der Waals surface area contributed by atoms with Crippen molar-refractivity contribution in [2.45, 2.75) is 107 Å². The van der Waals surface area contributed by atoms with Gasteiger partial charge in [-0.2, -0.15) is 11.8 Å². The number of nitrogens with one attached hydrogen (secondary N) is 10. The molecule has 7 atom stereocenters. The summed E-state index contributed by atoms with van der Waals surface area (Å²) in [6, 6.07) is -3.52. The van der Waals surface area contributed by atoms with Gasteiger partial charge < -0.3 is 58.4 Å². The first kappa shape index (κ1) is 48.4. The Morgan fingerprint density at radius 1 is 0.850 bits per heavy atom. The monoisotopic (exact) mass is 866 g/mol. The molecule has 1 unspecified atom stereocenters. The summed E-state index contributed by atoms with van der Waals surface area (Å²) in [5.41, 5.74) is 7.17. The lowest BCUT2D eigenvalue weighted by Crippen LogP contribution is -2.55. The van der Waals surface area contributed by atoms with E-state index in [1.807, 2.05) is 11.8 Å². The number of hydroxylamine groups is 1. The molecule has 25 heteroatoms. The Hall–Kier alpha value is -5.98. The first-order chi connectivity index (χ1) is 28.6. The van der Waals surface area contributed by atoms with E-state index >= 15 is 0 Å². The number of fused-ring (bicyclic) bond motifs is 1. The van der Waals surface area contributed by atoms with Crippen molar-refractivity contribution in [1.82, 2.24) is 58.0 Å². The van der Waals surface area contributed by atoms with Crippen LogP contribution in [0.15, 0.2) is 12.5 Å². The number of nitrogens with two attached hydrogens (primary N) is 1. The minimum atomic E-state index is -1.43. The van der Waals surface area contributed by atoms with Gasteiger partial charge >= 0.3 is 12.0 Å².